The molecule has 1 aromatic carbocycles. The lowest BCUT2D eigenvalue weighted by atomic mass is 9.89. The molecule has 1 aliphatic heterocycles. The number of para-hydroxylation sites is 1. The second-order valence-electron chi connectivity index (χ2n) is 6.62. The van der Waals surface area contributed by atoms with Crippen molar-refractivity contribution in [1.29, 1.82) is 0 Å². The lowest BCUT2D eigenvalue weighted by Gasteiger charge is -2.26. The van der Waals surface area contributed by atoms with Crippen molar-refractivity contribution < 1.29 is 4.79 Å². The second kappa shape index (κ2) is 6.50. The first-order valence-electron chi connectivity index (χ1n) is 8.35. The van der Waals surface area contributed by atoms with Gasteiger partial charge < -0.3 is 10.2 Å². The molecule has 0 radical (unpaired) electrons. The topological polar surface area (TPSA) is 32.3 Å². The van der Waals surface area contributed by atoms with Crippen molar-refractivity contribution in [2.24, 2.45) is 5.92 Å². The molecular weight excluding hydrogens is 260 g/mol. The number of nitrogens with zero attached hydrogens (tertiary/aromatic N) is 1. The average Bonchev–Trinajstić information content (AvgIpc) is 2.82. The maximum atomic E-state index is 12.2. The Bertz CT molecular complexity index is 494. The molecule has 1 saturated carbocycles. The number of carbonyl (C=O) groups is 1. The molecule has 1 atom stereocenters. The van der Waals surface area contributed by atoms with Crippen LogP contribution in [0.2, 0.25) is 0 Å². The van der Waals surface area contributed by atoms with Gasteiger partial charge in [-0.25, -0.2) is 0 Å². The monoisotopic (exact) mass is 286 g/mol. The summed E-state index contributed by atoms with van der Waals surface area (Å²) in [5.74, 6) is 0.870. The van der Waals surface area contributed by atoms with E-state index in [1.807, 2.05) is 0 Å². The van der Waals surface area contributed by atoms with E-state index in [4.69, 9.17) is 0 Å². The molecule has 0 aromatic heterocycles. The maximum Gasteiger partial charge on any atom is 0.239 e. The van der Waals surface area contributed by atoms with Crippen LogP contribution in [0.25, 0.3) is 0 Å². The first-order valence-corrected chi connectivity index (χ1v) is 8.35. The van der Waals surface area contributed by atoms with Crippen molar-refractivity contribution in [2.75, 3.05) is 18.0 Å². The zero-order valence-electron chi connectivity index (χ0n) is 13.0. The minimum absolute atomic E-state index is 0.170. The second-order valence-corrected chi connectivity index (χ2v) is 6.62. The summed E-state index contributed by atoms with van der Waals surface area (Å²) in [5.41, 5.74) is 2.60. The highest BCUT2D eigenvalue weighted by Crippen LogP contribution is 2.31. The first-order chi connectivity index (χ1) is 10.2. The zero-order valence-corrected chi connectivity index (χ0v) is 13.0. The lowest BCUT2D eigenvalue weighted by molar-refractivity contribution is -0.120. The predicted molar refractivity (Wildman–Crippen MR) is 86.5 cm³/mol. The van der Waals surface area contributed by atoms with Gasteiger partial charge in [-0.1, -0.05) is 37.5 Å². The quantitative estimate of drug-likeness (QED) is 0.922. The number of rotatable bonds is 4. The Balaban J connectivity index is 1.52. The van der Waals surface area contributed by atoms with E-state index in [1.165, 1.54) is 43.4 Å². The average molecular weight is 286 g/mol. The first kappa shape index (κ1) is 14.4. The van der Waals surface area contributed by atoms with Gasteiger partial charge in [0.2, 0.25) is 5.91 Å². The summed E-state index contributed by atoms with van der Waals surface area (Å²) >= 11 is 0. The molecular formula is C18H26N2O. The fourth-order valence-corrected chi connectivity index (χ4v) is 3.73. The molecule has 1 N–H and O–H groups in total. The molecule has 2 aliphatic rings. The van der Waals surface area contributed by atoms with Crippen molar-refractivity contribution in [3.63, 3.8) is 0 Å². The van der Waals surface area contributed by atoms with E-state index < -0.39 is 0 Å². The van der Waals surface area contributed by atoms with Crippen LogP contribution in [-0.2, 0) is 11.2 Å². The number of carbonyl (C=O) groups excluding carboxylic acids is 1. The highest BCUT2D eigenvalue weighted by molar-refractivity contribution is 5.82. The normalized spacial score (nSPS) is 22.1. The van der Waals surface area contributed by atoms with E-state index in [9.17, 15) is 4.79 Å². The van der Waals surface area contributed by atoms with Gasteiger partial charge in [-0.3, -0.25) is 4.79 Å². The molecule has 0 saturated heterocycles. The van der Waals surface area contributed by atoms with E-state index >= 15 is 0 Å². The summed E-state index contributed by atoms with van der Waals surface area (Å²) in [7, 11) is 0. The fraction of sp³-hybridized carbons (Fsp3) is 0.611. The summed E-state index contributed by atoms with van der Waals surface area (Å²) in [6.45, 7) is 3.56. The summed E-state index contributed by atoms with van der Waals surface area (Å²) in [6, 6.07) is 8.86. The minimum atomic E-state index is 0.170. The van der Waals surface area contributed by atoms with Crippen LogP contribution < -0.4 is 10.2 Å². The van der Waals surface area contributed by atoms with Crippen molar-refractivity contribution in [1.82, 2.24) is 5.32 Å². The number of fused-ring (bicyclic) bond motifs is 1. The Morgan fingerprint density at radius 2 is 2.00 bits per heavy atom. The van der Waals surface area contributed by atoms with E-state index in [2.05, 4.69) is 41.4 Å². The van der Waals surface area contributed by atoms with Crippen LogP contribution in [-0.4, -0.2) is 25.0 Å². The highest BCUT2D eigenvalue weighted by Gasteiger charge is 2.27. The van der Waals surface area contributed by atoms with Crippen LogP contribution in [0, 0.1) is 5.92 Å². The number of hydrogen-bond donors (Lipinski definition) is 1. The smallest absolute Gasteiger partial charge is 0.239 e. The number of nitrogens with one attached hydrogen (secondary N) is 1. The van der Waals surface area contributed by atoms with Gasteiger partial charge in [0.1, 0.15) is 0 Å². The number of benzene rings is 1. The van der Waals surface area contributed by atoms with Gasteiger partial charge in [-0.15, -0.1) is 0 Å². The molecule has 1 aliphatic carbocycles. The molecule has 1 aromatic rings. The van der Waals surface area contributed by atoms with Crippen LogP contribution in [0.4, 0.5) is 5.69 Å². The molecule has 114 valence electrons. The van der Waals surface area contributed by atoms with E-state index in [-0.39, 0.29) is 5.91 Å². The van der Waals surface area contributed by atoms with Gasteiger partial charge in [0.25, 0.3) is 0 Å². The molecule has 3 heteroatoms. The number of amides is 1. The van der Waals surface area contributed by atoms with E-state index in [0.29, 0.717) is 18.5 Å². The standard InChI is InChI=1S/C18H26N2O/c1-14-11-16-9-5-6-10-17(16)20(14)13-18(21)19-12-15-7-3-2-4-8-15/h5-6,9-10,14-15H,2-4,7-8,11-13H2,1H3,(H,19,21)/t14-/m1/s1. The zero-order chi connectivity index (χ0) is 14.7. The van der Waals surface area contributed by atoms with Crippen molar-refractivity contribution in [3.8, 4) is 0 Å². The molecule has 3 rings (SSSR count). The van der Waals surface area contributed by atoms with Gasteiger partial charge in [-0.2, -0.15) is 0 Å². The van der Waals surface area contributed by atoms with Crippen LogP contribution in [0.15, 0.2) is 24.3 Å². The molecule has 1 amide bonds. The summed E-state index contributed by atoms with van der Waals surface area (Å²) in [6.07, 6.45) is 7.64. The largest absolute Gasteiger partial charge is 0.359 e. The van der Waals surface area contributed by atoms with Gasteiger partial charge in [0, 0.05) is 18.3 Å². The maximum absolute atomic E-state index is 12.2. The van der Waals surface area contributed by atoms with Crippen molar-refractivity contribution >= 4 is 11.6 Å². The molecule has 1 heterocycles. The number of anilines is 1. The third-order valence-corrected chi connectivity index (χ3v) is 4.98. The Morgan fingerprint density at radius 3 is 2.81 bits per heavy atom. The molecule has 1 fully saturated rings. The third-order valence-electron chi connectivity index (χ3n) is 4.98. The van der Waals surface area contributed by atoms with Crippen LogP contribution in [0.5, 0.6) is 0 Å². The third kappa shape index (κ3) is 3.39. The summed E-state index contributed by atoms with van der Waals surface area (Å²) in [4.78, 5) is 14.5. The molecule has 21 heavy (non-hydrogen) atoms. The van der Waals surface area contributed by atoms with Crippen LogP contribution in [0.1, 0.15) is 44.6 Å². The van der Waals surface area contributed by atoms with Gasteiger partial charge in [-0.05, 0) is 43.7 Å². The summed E-state index contributed by atoms with van der Waals surface area (Å²) in [5, 5.41) is 3.15. The molecule has 3 nitrogen and oxygen atoms in total. The van der Waals surface area contributed by atoms with Crippen molar-refractivity contribution in [2.45, 2.75) is 51.5 Å². The van der Waals surface area contributed by atoms with Gasteiger partial charge in [0.05, 0.1) is 6.54 Å². The van der Waals surface area contributed by atoms with Crippen molar-refractivity contribution in [3.05, 3.63) is 29.8 Å². The van der Waals surface area contributed by atoms with Crippen LogP contribution in [0.3, 0.4) is 0 Å². The van der Waals surface area contributed by atoms with Gasteiger partial charge in [0.15, 0.2) is 0 Å². The lowest BCUT2D eigenvalue weighted by Crippen LogP contribution is -2.41. The Labute approximate surface area is 127 Å². The number of hydrogen-bond acceptors (Lipinski definition) is 2. The molecule has 0 unspecified atom stereocenters. The Morgan fingerprint density at radius 1 is 1.24 bits per heavy atom. The Hall–Kier alpha value is -1.51. The van der Waals surface area contributed by atoms with E-state index in [1.54, 1.807) is 0 Å². The van der Waals surface area contributed by atoms with Crippen LogP contribution >= 0.6 is 0 Å². The van der Waals surface area contributed by atoms with Gasteiger partial charge >= 0.3 is 0 Å². The molecule has 0 spiro atoms. The highest BCUT2D eigenvalue weighted by atomic mass is 16.2. The Kier molecular flexibility index (Phi) is 4.47. The van der Waals surface area contributed by atoms with E-state index in [0.717, 1.165) is 13.0 Å². The predicted octanol–water partition coefficient (Wildman–Crippen LogP) is 3.13. The SMILES string of the molecule is C[C@@H]1Cc2ccccc2N1CC(=O)NCC1CCCCC1. The summed E-state index contributed by atoms with van der Waals surface area (Å²) < 4.78 is 0. The molecule has 0 bridgehead atoms. The fourth-order valence-electron chi connectivity index (χ4n) is 3.73. The minimum Gasteiger partial charge on any atom is -0.359 e.